The molecule has 2 aliphatic rings. The second kappa shape index (κ2) is 7.84. The Labute approximate surface area is 178 Å². The summed E-state index contributed by atoms with van der Waals surface area (Å²) in [5.41, 5.74) is 5.90. The highest BCUT2D eigenvalue weighted by molar-refractivity contribution is 7.99. The third-order valence-electron chi connectivity index (χ3n) is 6.10. The van der Waals surface area contributed by atoms with Gasteiger partial charge in [0.1, 0.15) is 22.8 Å². The Hall–Kier alpha value is -1.31. The van der Waals surface area contributed by atoms with Gasteiger partial charge in [-0.2, -0.15) is 0 Å². The summed E-state index contributed by atoms with van der Waals surface area (Å²) in [5, 5.41) is 1.23. The summed E-state index contributed by atoms with van der Waals surface area (Å²) in [5.74, 6) is 1.61. The molecule has 2 aromatic rings. The Balaban J connectivity index is 1.42. The Bertz CT molecular complexity index is 858. The molecule has 0 amide bonds. The van der Waals surface area contributed by atoms with Crippen molar-refractivity contribution < 1.29 is 4.39 Å². The van der Waals surface area contributed by atoms with Crippen molar-refractivity contribution in [3.8, 4) is 0 Å². The third kappa shape index (κ3) is 3.89. The van der Waals surface area contributed by atoms with Gasteiger partial charge >= 0.3 is 0 Å². The fourth-order valence-corrected chi connectivity index (χ4v) is 5.71. The van der Waals surface area contributed by atoms with Crippen LogP contribution in [0, 0.1) is 11.3 Å². The van der Waals surface area contributed by atoms with E-state index in [1.54, 1.807) is 18.5 Å². The number of piperidine rings is 1. The molecule has 28 heavy (non-hydrogen) atoms. The third-order valence-corrected chi connectivity index (χ3v) is 7.93. The largest absolute Gasteiger partial charge is 0.384 e. The van der Waals surface area contributed by atoms with E-state index >= 15 is 0 Å². The van der Waals surface area contributed by atoms with Gasteiger partial charge in [0.05, 0.1) is 17.4 Å². The highest BCUT2D eigenvalue weighted by Crippen LogP contribution is 2.51. The molecule has 2 aromatic heterocycles. The van der Waals surface area contributed by atoms with Crippen LogP contribution in [0.15, 0.2) is 28.4 Å². The zero-order valence-corrected chi connectivity index (χ0v) is 17.9. The lowest BCUT2D eigenvalue weighted by atomic mass is 9.71. The lowest BCUT2D eigenvalue weighted by Crippen LogP contribution is -2.41. The quantitative estimate of drug-likeness (QED) is 0.654. The summed E-state index contributed by atoms with van der Waals surface area (Å²) in [7, 11) is 0. The van der Waals surface area contributed by atoms with Gasteiger partial charge in [0, 0.05) is 18.0 Å². The number of hydrogen-bond acceptors (Lipinski definition) is 6. The van der Waals surface area contributed by atoms with Crippen LogP contribution in [0.1, 0.15) is 32.6 Å². The zero-order valence-electron chi connectivity index (χ0n) is 15.5. The number of rotatable bonds is 3. The average Bonchev–Trinajstić information content (AvgIpc) is 2.93. The van der Waals surface area contributed by atoms with E-state index in [2.05, 4.69) is 26.8 Å². The molecule has 1 spiro atoms. The maximum Gasteiger partial charge on any atom is 0.151 e. The Morgan fingerprint density at radius 2 is 2.00 bits per heavy atom. The summed E-state index contributed by atoms with van der Waals surface area (Å²) < 4.78 is 13.9. The number of hydrogen-bond donors (Lipinski definition) is 1. The van der Waals surface area contributed by atoms with E-state index in [9.17, 15) is 4.39 Å². The maximum atomic E-state index is 13.9. The van der Waals surface area contributed by atoms with E-state index in [0.29, 0.717) is 39.5 Å². The molecule has 4 rings (SSSR count). The van der Waals surface area contributed by atoms with E-state index in [0.717, 1.165) is 31.7 Å². The first-order chi connectivity index (χ1) is 13.4. The van der Waals surface area contributed by atoms with Gasteiger partial charge < -0.3 is 10.6 Å². The van der Waals surface area contributed by atoms with Crippen molar-refractivity contribution in [2.45, 2.75) is 48.7 Å². The number of nitrogens with zero attached hydrogens (tertiary/aromatic N) is 4. The number of alkyl halides is 1. The van der Waals surface area contributed by atoms with Gasteiger partial charge in [0.15, 0.2) is 5.15 Å². The van der Waals surface area contributed by atoms with Crippen LogP contribution in [-0.2, 0) is 0 Å². The van der Waals surface area contributed by atoms with Crippen LogP contribution < -0.4 is 10.6 Å². The van der Waals surface area contributed by atoms with E-state index in [1.165, 1.54) is 11.8 Å². The number of nitrogen functional groups attached to an aromatic ring is 1. The average molecular weight is 442 g/mol. The number of anilines is 2. The molecule has 2 atom stereocenters. The van der Waals surface area contributed by atoms with Crippen LogP contribution in [0.5, 0.6) is 0 Å². The van der Waals surface area contributed by atoms with Crippen molar-refractivity contribution in [3.05, 3.63) is 28.6 Å². The van der Waals surface area contributed by atoms with Crippen LogP contribution in [-0.4, -0.2) is 34.2 Å². The van der Waals surface area contributed by atoms with Crippen molar-refractivity contribution in [2.24, 2.45) is 11.3 Å². The summed E-state index contributed by atoms with van der Waals surface area (Å²) >= 11 is 13.5. The standard InChI is InChI=1S/C19H22Cl2FN5S/c1-11-6-12(22)8-19(11)2-4-27(5-3-19)15-9-25-16(10-24-15)28-13-7-14(23)26-18(21)17(13)20/h7,9-12H,2-6,8H2,1H3,(H2,23,26)/t11-,12-/m1/s1. The molecule has 2 N–H and O–H groups in total. The van der Waals surface area contributed by atoms with Crippen LogP contribution in [0.25, 0.3) is 0 Å². The first-order valence-corrected chi connectivity index (χ1v) is 10.9. The fourth-order valence-electron chi connectivity index (χ4n) is 4.44. The molecule has 150 valence electrons. The lowest BCUT2D eigenvalue weighted by Gasteiger charge is -2.42. The molecule has 1 saturated carbocycles. The van der Waals surface area contributed by atoms with E-state index in [-0.39, 0.29) is 10.6 Å². The molecule has 0 bridgehead atoms. The highest BCUT2D eigenvalue weighted by atomic mass is 35.5. The molecule has 5 nitrogen and oxygen atoms in total. The first kappa shape index (κ1) is 20.0. The molecule has 1 saturated heterocycles. The second-order valence-corrected chi connectivity index (χ2v) is 9.55. The summed E-state index contributed by atoms with van der Waals surface area (Å²) in [6.45, 7) is 3.98. The lowest BCUT2D eigenvalue weighted by molar-refractivity contribution is 0.155. The molecule has 0 aromatic carbocycles. The van der Waals surface area contributed by atoms with Gasteiger partial charge in [-0.15, -0.1) is 0 Å². The Kier molecular flexibility index (Phi) is 5.60. The minimum Gasteiger partial charge on any atom is -0.384 e. The normalized spacial score (nSPS) is 24.1. The van der Waals surface area contributed by atoms with Crippen molar-refractivity contribution in [2.75, 3.05) is 23.7 Å². The predicted molar refractivity (Wildman–Crippen MR) is 112 cm³/mol. The molecular weight excluding hydrogens is 420 g/mol. The van der Waals surface area contributed by atoms with Crippen molar-refractivity contribution in [3.63, 3.8) is 0 Å². The topological polar surface area (TPSA) is 67.9 Å². The summed E-state index contributed by atoms with van der Waals surface area (Å²) in [6.07, 6.45) is 6.30. The van der Waals surface area contributed by atoms with Crippen molar-refractivity contribution in [1.29, 1.82) is 0 Å². The molecule has 0 unspecified atom stereocenters. The molecule has 1 aliphatic heterocycles. The van der Waals surface area contributed by atoms with Gasteiger partial charge in [-0.25, -0.2) is 19.3 Å². The monoisotopic (exact) mass is 441 g/mol. The molecule has 2 fully saturated rings. The van der Waals surface area contributed by atoms with Crippen LogP contribution >= 0.6 is 35.0 Å². The van der Waals surface area contributed by atoms with Gasteiger partial charge in [-0.1, -0.05) is 41.9 Å². The molecular formula is C19H22Cl2FN5S. The highest BCUT2D eigenvalue weighted by Gasteiger charge is 2.46. The van der Waals surface area contributed by atoms with E-state index < -0.39 is 6.17 Å². The minimum absolute atomic E-state index is 0.163. The van der Waals surface area contributed by atoms with Gasteiger partial charge in [0.2, 0.25) is 0 Å². The van der Waals surface area contributed by atoms with Gasteiger partial charge in [-0.3, -0.25) is 0 Å². The van der Waals surface area contributed by atoms with Crippen molar-refractivity contribution >= 4 is 46.6 Å². The number of pyridine rings is 1. The number of nitrogens with two attached hydrogens (primary N) is 1. The Morgan fingerprint density at radius 1 is 1.25 bits per heavy atom. The molecule has 1 aliphatic carbocycles. The van der Waals surface area contributed by atoms with Crippen molar-refractivity contribution in [1.82, 2.24) is 15.0 Å². The van der Waals surface area contributed by atoms with Crippen LogP contribution in [0.3, 0.4) is 0 Å². The number of aromatic nitrogens is 3. The summed E-state index contributed by atoms with van der Waals surface area (Å²) in [4.78, 5) is 15.9. The van der Waals surface area contributed by atoms with E-state index in [1.807, 2.05) is 0 Å². The zero-order chi connectivity index (χ0) is 19.9. The molecule has 9 heteroatoms. The SMILES string of the molecule is C[C@@H]1C[C@@H](F)CC12CCN(c1cnc(Sc3cc(N)nc(Cl)c3Cl)cn1)CC2. The molecule has 0 radical (unpaired) electrons. The smallest absolute Gasteiger partial charge is 0.151 e. The second-order valence-electron chi connectivity index (χ2n) is 7.75. The van der Waals surface area contributed by atoms with Crippen LogP contribution in [0.2, 0.25) is 10.2 Å². The van der Waals surface area contributed by atoms with Crippen LogP contribution in [0.4, 0.5) is 16.0 Å². The number of halogens is 3. The maximum absolute atomic E-state index is 13.9. The molecule has 3 heterocycles. The summed E-state index contributed by atoms with van der Waals surface area (Å²) in [6, 6.07) is 1.67. The fraction of sp³-hybridized carbons (Fsp3) is 0.526. The minimum atomic E-state index is -0.639. The predicted octanol–water partition coefficient (Wildman–Crippen LogP) is 5.27. The van der Waals surface area contributed by atoms with Gasteiger partial charge in [-0.05, 0) is 43.1 Å². The first-order valence-electron chi connectivity index (χ1n) is 9.37. The van der Waals surface area contributed by atoms with Gasteiger partial charge in [0.25, 0.3) is 0 Å². The Morgan fingerprint density at radius 3 is 2.61 bits per heavy atom. The van der Waals surface area contributed by atoms with E-state index in [4.69, 9.17) is 28.9 Å².